The van der Waals surface area contributed by atoms with Gasteiger partial charge in [0.15, 0.2) is 0 Å². The van der Waals surface area contributed by atoms with Gasteiger partial charge in [-0.1, -0.05) is 19.9 Å². The molecular formula is C16H25BrN2O2. The van der Waals surface area contributed by atoms with Crippen molar-refractivity contribution in [1.82, 2.24) is 10.2 Å². The molecule has 1 aromatic rings. The summed E-state index contributed by atoms with van der Waals surface area (Å²) in [5, 5.41) is 3.51. The maximum atomic E-state index is 5.63. The summed E-state index contributed by atoms with van der Waals surface area (Å²) >= 11 is 3.56. The van der Waals surface area contributed by atoms with E-state index >= 15 is 0 Å². The van der Waals surface area contributed by atoms with E-state index in [2.05, 4.69) is 52.1 Å². The molecule has 1 heterocycles. The molecule has 2 rings (SSSR count). The van der Waals surface area contributed by atoms with Crippen molar-refractivity contribution in [2.75, 3.05) is 33.4 Å². The molecule has 1 aliphatic rings. The lowest BCUT2D eigenvalue weighted by molar-refractivity contribution is -0.0115. The molecule has 1 unspecified atom stereocenters. The van der Waals surface area contributed by atoms with Gasteiger partial charge in [0.05, 0.1) is 24.8 Å². The Morgan fingerprint density at radius 1 is 1.48 bits per heavy atom. The van der Waals surface area contributed by atoms with E-state index in [1.54, 1.807) is 7.11 Å². The van der Waals surface area contributed by atoms with Crippen LogP contribution in [0.1, 0.15) is 19.4 Å². The second-order valence-electron chi connectivity index (χ2n) is 5.73. The van der Waals surface area contributed by atoms with Crippen molar-refractivity contribution in [2.45, 2.75) is 32.5 Å². The summed E-state index contributed by atoms with van der Waals surface area (Å²) in [5.74, 6) is 0.874. The Bertz CT molecular complexity index is 454. The summed E-state index contributed by atoms with van der Waals surface area (Å²) in [5.41, 5.74) is 1.29. The molecule has 4 nitrogen and oxygen atoms in total. The Morgan fingerprint density at radius 2 is 2.29 bits per heavy atom. The minimum Gasteiger partial charge on any atom is -0.496 e. The largest absolute Gasteiger partial charge is 0.496 e. The van der Waals surface area contributed by atoms with Gasteiger partial charge in [-0.05, 0) is 33.6 Å². The molecule has 0 spiro atoms. The third kappa shape index (κ3) is 4.95. The van der Waals surface area contributed by atoms with Crippen molar-refractivity contribution in [1.29, 1.82) is 0 Å². The minimum atomic E-state index is 0.432. The topological polar surface area (TPSA) is 33.7 Å². The van der Waals surface area contributed by atoms with Gasteiger partial charge in [0, 0.05) is 31.7 Å². The van der Waals surface area contributed by atoms with Gasteiger partial charge in [0.1, 0.15) is 5.75 Å². The van der Waals surface area contributed by atoms with Gasteiger partial charge in [-0.3, -0.25) is 4.90 Å². The van der Waals surface area contributed by atoms with Crippen LogP contribution >= 0.6 is 15.9 Å². The highest BCUT2D eigenvalue weighted by atomic mass is 79.9. The fourth-order valence-electron chi connectivity index (χ4n) is 2.50. The average molecular weight is 357 g/mol. The van der Waals surface area contributed by atoms with Crippen molar-refractivity contribution in [2.24, 2.45) is 0 Å². The van der Waals surface area contributed by atoms with E-state index in [1.807, 2.05) is 6.07 Å². The standard InChI is InChI=1S/C16H25BrN2O2/c1-12(2)18-9-14-11-21-7-6-19(14)10-13-4-5-16(20-3)15(17)8-13/h4-5,8,12,14,18H,6-7,9-11H2,1-3H3. The molecule has 5 heteroatoms. The first-order valence-corrected chi connectivity index (χ1v) is 8.27. The number of rotatable bonds is 6. The molecular weight excluding hydrogens is 332 g/mol. The van der Waals surface area contributed by atoms with Crippen LogP contribution in [-0.2, 0) is 11.3 Å². The van der Waals surface area contributed by atoms with Crippen LogP contribution in [0.4, 0.5) is 0 Å². The first-order valence-electron chi connectivity index (χ1n) is 7.47. The smallest absolute Gasteiger partial charge is 0.133 e. The highest BCUT2D eigenvalue weighted by Gasteiger charge is 2.23. The van der Waals surface area contributed by atoms with E-state index in [-0.39, 0.29) is 0 Å². The average Bonchev–Trinajstić information content (AvgIpc) is 2.46. The molecule has 0 amide bonds. The van der Waals surface area contributed by atoms with Crippen molar-refractivity contribution < 1.29 is 9.47 Å². The maximum absolute atomic E-state index is 5.63. The molecule has 0 bridgehead atoms. The van der Waals surface area contributed by atoms with Crippen LogP contribution in [0.5, 0.6) is 5.75 Å². The summed E-state index contributed by atoms with van der Waals surface area (Å²) in [6.07, 6.45) is 0. The fourth-order valence-corrected chi connectivity index (χ4v) is 3.09. The number of hydrogen-bond acceptors (Lipinski definition) is 4. The number of morpholine rings is 1. The predicted molar refractivity (Wildman–Crippen MR) is 88.8 cm³/mol. The van der Waals surface area contributed by atoms with Crippen LogP contribution in [0, 0.1) is 0 Å². The lowest BCUT2D eigenvalue weighted by atomic mass is 10.1. The van der Waals surface area contributed by atoms with Gasteiger partial charge in [0.2, 0.25) is 0 Å². The third-order valence-corrected chi connectivity index (χ3v) is 4.33. The van der Waals surface area contributed by atoms with Crippen LogP contribution in [-0.4, -0.2) is 50.4 Å². The summed E-state index contributed by atoms with van der Waals surface area (Å²) in [7, 11) is 1.69. The van der Waals surface area contributed by atoms with Crippen LogP contribution in [0.15, 0.2) is 22.7 Å². The van der Waals surface area contributed by atoms with Crippen molar-refractivity contribution >= 4 is 15.9 Å². The fraction of sp³-hybridized carbons (Fsp3) is 0.625. The monoisotopic (exact) mass is 356 g/mol. The number of halogens is 1. The zero-order chi connectivity index (χ0) is 15.2. The lowest BCUT2D eigenvalue weighted by Crippen LogP contribution is -2.50. The second kappa shape index (κ2) is 8.13. The van der Waals surface area contributed by atoms with Gasteiger partial charge in [-0.15, -0.1) is 0 Å². The highest BCUT2D eigenvalue weighted by Crippen LogP contribution is 2.26. The highest BCUT2D eigenvalue weighted by molar-refractivity contribution is 9.10. The minimum absolute atomic E-state index is 0.432. The van der Waals surface area contributed by atoms with Gasteiger partial charge in [-0.2, -0.15) is 0 Å². The molecule has 0 aromatic heterocycles. The van der Waals surface area contributed by atoms with Gasteiger partial charge < -0.3 is 14.8 Å². The molecule has 1 aromatic carbocycles. The van der Waals surface area contributed by atoms with E-state index < -0.39 is 0 Å². The number of benzene rings is 1. The lowest BCUT2D eigenvalue weighted by Gasteiger charge is -2.36. The summed E-state index contributed by atoms with van der Waals surface area (Å²) < 4.78 is 11.9. The normalized spacial score (nSPS) is 20.0. The Labute approximate surface area is 135 Å². The molecule has 21 heavy (non-hydrogen) atoms. The van der Waals surface area contributed by atoms with Crippen molar-refractivity contribution in [3.63, 3.8) is 0 Å². The summed E-state index contributed by atoms with van der Waals surface area (Å²) in [6.45, 7) is 8.86. The van der Waals surface area contributed by atoms with E-state index in [1.165, 1.54) is 5.56 Å². The van der Waals surface area contributed by atoms with Crippen LogP contribution in [0.25, 0.3) is 0 Å². The molecule has 0 radical (unpaired) electrons. The Balaban J connectivity index is 1.99. The molecule has 0 saturated carbocycles. The zero-order valence-electron chi connectivity index (χ0n) is 13.1. The van der Waals surface area contributed by atoms with Gasteiger partial charge in [0.25, 0.3) is 0 Å². The van der Waals surface area contributed by atoms with Crippen LogP contribution in [0.2, 0.25) is 0 Å². The molecule has 1 aliphatic heterocycles. The molecule has 1 N–H and O–H groups in total. The number of nitrogens with zero attached hydrogens (tertiary/aromatic N) is 1. The molecule has 118 valence electrons. The van der Waals surface area contributed by atoms with E-state index in [0.717, 1.165) is 43.1 Å². The number of ether oxygens (including phenoxy) is 2. The van der Waals surface area contributed by atoms with Gasteiger partial charge in [-0.25, -0.2) is 0 Å². The van der Waals surface area contributed by atoms with Crippen LogP contribution in [0.3, 0.4) is 0 Å². The summed E-state index contributed by atoms with van der Waals surface area (Å²) in [6, 6.07) is 7.22. The molecule has 0 aliphatic carbocycles. The third-order valence-electron chi connectivity index (χ3n) is 3.71. The molecule has 1 fully saturated rings. The SMILES string of the molecule is COc1ccc(CN2CCOCC2CNC(C)C)cc1Br. The Morgan fingerprint density at radius 3 is 2.95 bits per heavy atom. The van der Waals surface area contributed by atoms with Crippen molar-refractivity contribution in [3.8, 4) is 5.75 Å². The van der Waals surface area contributed by atoms with E-state index in [0.29, 0.717) is 12.1 Å². The van der Waals surface area contributed by atoms with E-state index in [4.69, 9.17) is 9.47 Å². The van der Waals surface area contributed by atoms with Crippen molar-refractivity contribution in [3.05, 3.63) is 28.2 Å². The second-order valence-corrected chi connectivity index (χ2v) is 6.59. The Kier molecular flexibility index (Phi) is 6.48. The molecule has 1 saturated heterocycles. The Hall–Kier alpha value is -0.620. The maximum Gasteiger partial charge on any atom is 0.133 e. The zero-order valence-corrected chi connectivity index (χ0v) is 14.6. The first kappa shape index (κ1) is 16.7. The number of methoxy groups -OCH3 is 1. The van der Waals surface area contributed by atoms with E-state index in [9.17, 15) is 0 Å². The number of nitrogens with one attached hydrogen (secondary N) is 1. The van der Waals surface area contributed by atoms with Gasteiger partial charge >= 0.3 is 0 Å². The quantitative estimate of drug-likeness (QED) is 0.849. The first-order chi connectivity index (χ1) is 10.1. The number of hydrogen-bond donors (Lipinski definition) is 1. The molecule has 1 atom stereocenters. The van der Waals surface area contributed by atoms with Crippen LogP contribution < -0.4 is 10.1 Å². The predicted octanol–water partition coefficient (Wildman–Crippen LogP) is 2.66. The summed E-state index contributed by atoms with van der Waals surface area (Å²) in [4.78, 5) is 2.49.